The van der Waals surface area contributed by atoms with Gasteiger partial charge < -0.3 is 15.2 Å². The molecule has 3 rings (SSSR count). The van der Waals surface area contributed by atoms with E-state index in [0.717, 1.165) is 5.56 Å². The average Bonchev–Trinajstić information content (AvgIpc) is 3.04. The summed E-state index contributed by atoms with van der Waals surface area (Å²) in [6.07, 6.45) is 0.559. The van der Waals surface area contributed by atoms with Crippen LogP contribution in [-0.2, 0) is 14.9 Å². The van der Waals surface area contributed by atoms with Gasteiger partial charge in [0.1, 0.15) is 11.3 Å². The van der Waals surface area contributed by atoms with Crippen LogP contribution in [0, 0.1) is 38.9 Å². The Kier molecular flexibility index (Phi) is 4.58. The molecule has 0 aromatic heterocycles. The van der Waals surface area contributed by atoms with E-state index in [9.17, 15) is 10.5 Å². The second kappa shape index (κ2) is 6.30. The van der Waals surface area contributed by atoms with Gasteiger partial charge in [-0.05, 0) is 31.2 Å². The predicted octanol–water partition coefficient (Wildman–Crippen LogP) is 3.49. The first kappa shape index (κ1) is 20.3. The van der Waals surface area contributed by atoms with Gasteiger partial charge in [-0.25, -0.2) is 4.99 Å². The Balaban J connectivity index is 2.16. The number of hydrogen-bond donors (Lipinski definition) is 1. The van der Waals surface area contributed by atoms with Gasteiger partial charge in [0.2, 0.25) is 0 Å². The lowest BCUT2D eigenvalue weighted by atomic mass is 9.72. The van der Waals surface area contributed by atoms with Gasteiger partial charge >= 0.3 is 0 Å². The van der Waals surface area contributed by atoms with Crippen LogP contribution in [0.5, 0.6) is 0 Å². The average molecular weight is 380 g/mol. The number of ether oxygens (including phenoxy) is 2. The number of fused-ring (bicyclic) bond motifs is 1. The first-order valence-corrected chi connectivity index (χ1v) is 9.70. The van der Waals surface area contributed by atoms with Crippen molar-refractivity contribution in [3.63, 3.8) is 0 Å². The molecule has 1 aliphatic carbocycles. The minimum absolute atomic E-state index is 0.129. The van der Waals surface area contributed by atoms with Gasteiger partial charge in [0, 0.05) is 18.6 Å². The molecule has 148 valence electrons. The fourth-order valence-electron chi connectivity index (χ4n) is 5.57. The third kappa shape index (κ3) is 2.05. The van der Waals surface area contributed by atoms with E-state index in [1.807, 2.05) is 39.0 Å². The summed E-state index contributed by atoms with van der Waals surface area (Å²) < 4.78 is 11.9. The van der Waals surface area contributed by atoms with E-state index in [0.29, 0.717) is 19.6 Å². The monoisotopic (exact) mass is 380 g/mol. The van der Waals surface area contributed by atoms with Crippen molar-refractivity contribution >= 4 is 5.84 Å². The Hall–Kier alpha value is -2.41. The lowest BCUT2D eigenvalue weighted by molar-refractivity contribution is -0.261. The van der Waals surface area contributed by atoms with Crippen molar-refractivity contribution in [2.45, 2.75) is 52.4 Å². The van der Waals surface area contributed by atoms with Crippen LogP contribution in [0.25, 0.3) is 0 Å². The number of amidine groups is 1. The summed E-state index contributed by atoms with van der Waals surface area (Å²) in [6, 6.07) is 14.8. The van der Waals surface area contributed by atoms with Crippen molar-refractivity contribution in [1.29, 1.82) is 10.5 Å². The summed E-state index contributed by atoms with van der Waals surface area (Å²) in [5.74, 6) is -1.43. The fraction of sp³-hybridized carbons (Fsp3) is 0.591. The smallest absolute Gasteiger partial charge is 0.293 e. The van der Waals surface area contributed by atoms with Crippen LogP contribution in [0.15, 0.2) is 35.3 Å². The van der Waals surface area contributed by atoms with E-state index in [2.05, 4.69) is 43.1 Å². The van der Waals surface area contributed by atoms with Crippen molar-refractivity contribution < 1.29 is 9.47 Å². The molecule has 28 heavy (non-hydrogen) atoms. The van der Waals surface area contributed by atoms with Crippen LogP contribution >= 0.6 is 0 Å². The first-order chi connectivity index (χ1) is 13.2. The van der Waals surface area contributed by atoms with E-state index in [4.69, 9.17) is 15.2 Å². The summed E-state index contributed by atoms with van der Waals surface area (Å²) in [5, 5.41) is 20.6. The molecular weight excluding hydrogens is 352 g/mol. The maximum atomic E-state index is 10.4. The van der Waals surface area contributed by atoms with Crippen molar-refractivity contribution in [3.8, 4) is 12.1 Å². The molecule has 1 saturated carbocycles. The minimum Gasteiger partial charge on any atom is -0.386 e. The fourth-order valence-corrected chi connectivity index (χ4v) is 5.57. The Bertz CT molecular complexity index is 876. The van der Waals surface area contributed by atoms with Crippen LogP contribution in [-0.4, -0.2) is 25.0 Å². The molecule has 0 spiro atoms. The lowest BCUT2D eigenvalue weighted by Crippen LogP contribution is -2.46. The maximum absolute atomic E-state index is 10.4. The predicted molar refractivity (Wildman–Crippen MR) is 106 cm³/mol. The third-order valence-electron chi connectivity index (χ3n) is 6.65. The molecule has 1 fully saturated rings. The number of benzene rings is 1. The second-order valence-corrected chi connectivity index (χ2v) is 8.43. The molecule has 6 nitrogen and oxygen atoms in total. The zero-order valence-corrected chi connectivity index (χ0v) is 17.2. The molecule has 0 bridgehead atoms. The number of nitriles is 2. The van der Waals surface area contributed by atoms with E-state index in [1.165, 1.54) is 0 Å². The van der Waals surface area contributed by atoms with E-state index in [-0.39, 0.29) is 11.3 Å². The van der Waals surface area contributed by atoms with Crippen molar-refractivity contribution in [2.75, 3.05) is 13.2 Å². The van der Waals surface area contributed by atoms with Crippen LogP contribution in [0.2, 0.25) is 0 Å². The molecule has 1 heterocycles. The first-order valence-electron chi connectivity index (χ1n) is 9.70. The zero-order valence-electron chi connectivity index (χ0n) is 17.2. The molecule has 2 N–H and O–H groups in total. The topological polar surface area (TPSA) is 104 Å². The van der Waals surface area contributed by atoms with Crippen LogP contribution in [0.3, 0.4) is 0 Å². The number of nitrogens with zero attached hydrogens (tertiary/aromatic N) is 3. The van der Waals surface area contributed by atoms with Gasteiger partial charge in [0.05, 0.1) is 12.1 Å². The lowest BCUT2D eigenvalue weighted by Gasteiger charge is -2.37. The highest BCUT2D eigenvalue weighted by Crippen LogP contribution is 2.87. The van der Waals surface area contributed by atoms with Gasteiger partial charge in [-0.15, -0.1) is 0 Å². The van der Waals surface area contributed by atoms with Gasteiger partial charge in [0.15, 0.2) is 5.41 Å². The molecule has 1 aromatic carbocycles. The normalized spacial score (nSPS) is 32.8. The molecule has 3 atom stereocenters. The molecular formula is C22H28N4O2. The van der Waals surface area contributed by atoms with Crippen molar-refractivity contribution in [2.24, 2.45) is 27.0 Å². The van der Waals surface area contributed by atoms with Crippen LogP contribution in [0.1, 0.15) is 46.6 Å². The number of hydrogen-bond acceptors (Lipinski definition) is 6. The van der Waals surface area contributed by atoms with E-state index < -0.39 is 22.2 Å². The number of aliphatic imine (C=N–C) groups is 1. The van der Waals surface area contributed by atoms with Crippen molar-refractivity contribution in [3.05, 3.63) is 35.9 Å². The van der Waals surface area contributed by atoms with E-state index in [1.54, 1.807) is 0 Å². The standard InChI is InChI=1S/C22H28N4O2/c1-6-27-22(28-7-2)21(15-24)19(5,20(21,14-23)17(25)26-22)13-18(3,4)16-11-9-8-10-12-16/h8-12H,6-7,13H2,1-5H3,(H2,25,26)/t19-,20-,21+/m0/s1. The largest absolute Gasteiger partial charge is 0.386 e. The molecule has 0 radical (unpaired) electrons. The second-order valence-electron chi connectivity index (χ2n) is 8.43. The molecule has 6 heteroatoms. The number of nitrogens with two attached hydrogens (primary N) is 1. The van der Waals surface area contributed by atoms with Crippen LogP contribution in [0.4, 0.5) is 0 Å². The Morgan fingerprint density at radius 3 is 2.11 bits per heavy atom. The molecule has 0 unspecified atom stereocenters. The molecule has 0 saturated heterocycles. The van der Waals surface area contributed by atoms with Gasteiger partial charge in [0.25, 0.3) is 5.91 Å². The van der Waals surface area contributed by atoms with E-state index >= 15 is 0 Å². The third-order valence-corrected chi connectivity index (χ3v) is 6.65. The van der Waals surface area contributed by atoms with Crippen molar-refractivity contribution in [1.82, 2.24) is 0 Å². The van der Waals surface area contributed by atoms with Gasteiger partial charge in [-0.1, -0.05) is 51.1 Å². The maximum Gasteiger partial charge on any atom is 0.293 e. The van der Waals surface area contributed by atoms with Gasteiger partial charge in [-0.3, -0.25) is 0 Å². The molecule has 0 amide bonds. The highest BCUT2D eigenvalue weighted by atomic mass is 16.7. The Morgan fingerprint density at radius 1 is 1.07 bits per heavy atom. The molecule has 1 aliphatic heterocycles. The summed E-state index contributed by atoms with van der Waals surface area (Å²) in [7, 11) is 0. The summed E-state index contributed by atoms with van der Waals surface area (Å²) in [5.41, 5.74) is 3.83. The summed E-state index contributed by atoms with van der Waals surface area (Å²) in [4.78, 5) is 4.42. The highest BCUT2D eigenvalue weighted by molar-refractivity contribution is 6.00. The summed E-state index contributed by atoms with van der Waals surface area (Å²) in [6.45, 7) is 10.4. The zero-order chi connectivity index (χ0) is 20.8. The molecule has 2 aliphatic rings. The SMILES string of the molecule is CCOC1(OCC)N=C(N)[C@@]2(C#N)[C@](C)(CC(C)(C)c3ccccc3)[C@@]12C#N. The quantitative estimate of drug-likeness (QED) is 0.729. The minimum atomic E-state index is -1.56. The number of rotatable bonds is 7. The molecule has 1 aromatic rings. The highest BCUT2D eigenvalue weighted by Gasteiger charge is 2.99. The van der Waals surface area contributed by atoms with Crippen LogP contribution < -0.4 is 5.73 Å². The Morgan fingerprint density at radius 2 is 1.64 bits per heavy atom. The van der Waals surface area contributed by atoms with Gasteiger partial charge in [-0.2, -0.15) is 10.5 Å². The summed E-state index contributed by atoms with van der Waals surface area (Å²) >= 11 is 0. The Labute approximate surface area is 167 Å².